The van der Waals surface area contributed by atoms with Gasteiger partial charge < -0.3 is 4.43 Å². The minimum Gasteiger partial charge on any atom is -0.422 e. The van der Waals surface area contributed by atoms with Crippen LogP contribution in [-0.4, -0.2) is 24.9 Å². The van der Waals surface area contributed by atoms with Crippen LogP contribution in [0.4, 0.5) is 0 Å². The average molecular weight is 114 g/mol. The fourth-order valence-electron chi connectivity index (χ4n) is 0.386. The standard InChI is InChI=1S/C3H6OSi2/c1-2-4-6-5-3-1/h1-3H2. The molecule has 0 bridgehead atoms. The van der Waals surface area contributed by atoms with Crippen molar-refractivity contribution in [1.82, 2.24) is 0 Å². The summed E-state index contributed by atoms with van der Waals surface area (Å²) in [5.74, 6) is 0. The summed E-state index contributed by atoms with van der Waals surface area (Å²) >= 11 is 0. The molecule has 1 rings (SSSR count). The van der Waals surface area contributed by atoms with E-state index in [2.05, 4.69) is 0 Å². The van der Waals surface area contributed by atoms with Crippen LogP contribution in [0.2, 0.25) is 6.04 Å². The van der Waals surface area contributed by atoms with Crippen LogP contribution in [0, 0.1) is 0 Å². The normalized spacial score (nSPS) is 24.0. The van der Waals surface area contributed by atoms with Gasteiger partial charge >= 0.3 is 0 Å². The Morgan fingerprint density at radius 2 is 2.50 bits per heavy atom. The Labute approximate surface area is 42.6 Å². The lowest BCUT2D eigenvalue weighted by Crippen LogP contribution is -2.15. The van der Waals surface area contributed by atoms with Crippen molar-refractivity contribution < 1.29 is 4.43 Å². The van der Waals surface area contributed by atoms with Crippen LogP contribution in [0.25, 0.3) is 0 Å². The lowest BCUT2D eigenvalue weighted by molar-refractivity contribution is 0.337. The molecule has 0 atom stereocenters. The predicted molar refractivity (Wildman–Crippen MR) is 26.9 cm³/mol. The molecule has 6 heavy (non-hydrogen) atoms. The molecule has 1 aliphatic heterocycles. The Bertz CT molecular complexity index is 24.3. The molecular weight excluding hydrogens is 108 g/mol. The van der Waals surface area contributed by atoms with Crippen molar-refractivity contribution >= 4 is 18.3 Å². The van der Waals surface area contributed by atoms with Crippen LogP contribution in [0.5, 0.6) is 0 Å². The molecular formula is C3H6OSi2. The minimum atomic E-state index is 0.829. The highest BCUT2D eigenvalue weighted by Crippen LogP contribution is 1.93. The van der Waals surface area contributed by atoms with E-state index in [1.807, 2.05) is 0 Å². The minimum absolute atomic E-state index is 0.829. The van der Waals surface area contributed by atoms with E-state index in [9.17, 15) is 0 Å². The molecule has 0 aromatic carbocycles. The molecule has 0 unspecified atom stereocenters. The molecule has 0 aromatic heterocycles. The number of hydrogen-bond acceptors (Lipinski definition) is 1. The van der Waals surface area contributed by atoms with Crippen molar-refractivity contribution in [3.63, 3.8) is 0 Å². The van der Waals surface area contributed by atoms with Crippen LogP contribution in [0.3, 0.4) is 0 Å². The second-order valence-electron chi connectivity index (χ2n) is 1.23. The maximum Gasteiger partial charge on any atom is 0.206 e. The molecule has 0 amide bonds. The molecule has 1 aliphatic rings. The van der Waals surface area contributed by atoms with E-state index < -0.39 is 0 Å². The summed E-state index contributed by atoms with van der Waals surface area (Å²) in [6.45, 7) is 1.02. The molecule has 1 saturated heterocycles. The van der Waals surface area contributed by atoms with E-state index in [1.54, 1.807) is 0 Å². The van der Waals surface area contributed by atoms with E-state index in [1.165, 1.54) is 12.5 Å². The first-order chi connectivity index (χ1) is 3.00. The third kappa shape index (κ3) is 1.24. The highest BCUT2D eigenvalue weighted by Gasteiger charge is 1.98. The lowest BCUT2D eigenvalue weighted by Gasteiger charge is -2.05. The molecule has 4 radical (unpaired) electrons. The Balaban J connectivity index is 2.00. The summed E-state index contributed by atoms with van der Waals surface area (Å²) in [5, 5.41) is 0. The van der Waals surface area contributed by atoms with Gasteiger partial charge in [0, 0.05) is 6.61 Å². The smallest absolute Gasteiger partial charge is 0.206 e. The summed E-state index contributed by atoms with van der Waals surface area (Å²) in [5.41, 5.74) is 0. The van der Waals surface area contributed by atoms with Gasteiger partial charge in [-0.15, -0.1) is 0 Å². The van der Waals surface area contributed by atoms with Gasteiger partial charge in [-0.25, -0.2) is 0 Å². The van der Waals surface area contributed by atoms with Gasteiger partial charge in [-0.1, -0.05) is 6.04 Å². The van der Waals surface area contributed by atoms with Crippen molar-refractivity contribution in [2.75, 3.05) is 6.61 Å². The van der Waals surface area contributed by atoms with Gasteiger partial charge in [0.05, 0.1) is 9.04 Å². The lowest BCUT2D eigenvalue weighted by atomic mass is 10.5. The van der Waals surface area contributed by atoms with Gasteiger partial charge in [-0.2, -0.15) is 0 Å². The Kier molecular flexibility index (Phi) is 1.93. The summed E-state index contributed by atoms with van der Waals surface area (Å²) in [7, 11) is 1.94. The maximum absolute atomic E-state index is 5.11. The van der Waals surface area contributed by atoms with Crippen molar-refractivity contribution in [2.24, 2.45) is 0 Å². The summed E-state index contributed by atoms with van der Waals surface area (Å²) in [4.78, 5) is 0. The van der Waals surface area contributed by atoms with Crippen LogP contribution in [0.1, 0.15) is 6.42 Å². The van der Waals surface area contributed by atoms with Crippen LogP contribution in [-0.2, 0) is 4.43 Å². The first-order valence-corrected chi connectivity index (χ1v) is 5.21. The zero-order valence-corrected chi connectivity index (χ0v) is 5.53. The maximum atomic E-state index is 5.11. The second-order valence-corrected chi connectivity index (χ2v) is 4.25. The fraction of sp³-hybridized carbons (Fsp3) is 1.00. The molecule has 1 fully saturated rings. The fourth-order valence-corrected chi connectivity index (χ4v) is 2.61. The van der Waals surface area contributed by atoms with Crippen molar-refractivity contribution in [3.05, 3.63) is 0 Å². The Hall–Kier alpha value is 0.394. The SMILES string of the molecule is C1CO[Si][Si]C1. The van der Waals surface area contributed by atoms with E-state index in [0.29, 0.717) is 0 Å². The topological polar surface area (TPSA) is 9.23 Å². The quantitative estimate of drug-likeness (QED) is 0.405. The van der Waals surface area contributed by atoms with Gasteiger partial charge in [0.25, 0.3) is 0 Å². The zero-order chi connectivity index (χ0) is 4.24. The molecule has 0 saturated carbocycles. The predicted octanol–water partition coefficient (Wildman–Crippen LogP) is 0.0634. The summed E-state index contributed by atoms with van der Waals surface area (Å²) < 4.78 is 5.11. The molecule has 0 spiro atoms. The number of rotatable bonds is 0. The van der Waals surface area contributed by atoms with Crippen molar-refractivity contribution in [1.29, 1.82) is 0 Å². The van der Waals surface area contributed by atoms with Crippen LogP contribution in [0.15, 0.2) is 0 Å². The highest BCUT2D eigenvalue weighted by atomic mass is 29.2. The van der Waals surface area contributed by atoms with Crippen molar-refractivity contribution in [3.8, 4) is 0 Å². The molecule has 0 aromatic rings. The molecule has 0 N–H and O–H groups in total. The van der Waals surface area contributed by atoms with E-state index in [-0.39, 0.29) is 0 Å². The third-order valence-corrected chi connectivity index (χ3v) is 3.40. The van der Waals surface area contributed by atoms with E-state index >= 15 is 0 Å². The molecule has 1 nitrogen and oxygen atoms in total. The van der Waals surface area contributed by atoms with Gasteiger partial charge in [-0.05, 0) is 6.42 Å². The molecule has 3 heteroatoms. The van der Waals surface area contributed by atoms with E-state index in [0.717, 1.165) is 24.9 Å². The Morgan fingerprint density at radius 3 is 2.67 bits per heavy atom. The van der Waals surface area contributed by atoms with Gasteiger partial charge in [-0.3, -0.25) is 0 Å². The third-order valence-electron chi connectivity index (χ3n) is 0.693. The molecule has 32 valence electrons. The monoisotopic (exact) mass is 114 g/mol. The molecule has 1 heterocycles. The van der Waals surface area contributed by atoms with Crippen LogP contribution >= 0.6 is 0 Å². The first-order valence-electron chi connectivity index (χ1n) is 2.10. The van der Waals surface area contributed by atoms with Crippen LogP contribution < -0.4 is 0 Å². The second kappa shape index (κ2) is 2.55. The summed E-state index contributed by atoms with van der Waals surface area (Å²) in [6.07, 6.45) is 1.30. The van der Waals surface area contributed by atoms with E-state index in [4.69, 9.17) is 4.43 Å². The van der Waals surface area contributed by atoms with Gasteiger partial charge in [0.1, 0.15) is 0 Å². The zero-order valence-electron chi connectivity index (χ0n) is 3.53. The number of hydrogen-bond donors (Lipinski definition) is 0. The summed E-state index contributed by atoms with van der Waals surface area (Å²) in [6, 6.07) is 1.42. The Morgan fingerprint density at radius 1 is 1.50 bits per heavy atom. The highest BCUT2D eigenvalue weighted by molar-refractivity contribution is 6.97. The molecule has 0 aliphatic carbocycles. The largest absolute Gasteiger partial charge is 0.422 e. The van der Waals surface area contributed by atoms with Gasteiger partial charge in [0.15, 0.2) is 0 Å². The van der Waals surface area contributed by atoms with Gasteiger partial charge in [0.2, 0.25) is 9.28 Å². The average Bonchev–Trinajstić information content (AvgIpc) is 1.72. The van der Waals surface area contributed by atoms with Crippen molar-refractivity contribution in [2.45, 2.75) is 12.5 Å². The first kappa shape index (κ1) is 4.55.